The number of benzene rings is 1. The summed E-state index contributed by atoms with van der Waals surface area (Å²) in [7, 11) is -0.300. The second-order valence-electron chi connectivity index (χ2n) is 8.46. The Bertz CT molecular complexity index is 638. The molecule has 118 valence electrons. The molecule has 2 saturated heterocycles. The number of hydrogen-bond acceptors (Lipinski definition) is 3. The molecule has 0 radical (unpaired) electrons. The highest BCUT2D eigenvalue weighted by molar-refractivity contribution is 6.62. The van der Waals surface area contributed by atoms with Crippen LogP contribution >= 0.6 is 0 Å². The molecule has 0 aliphatic carbocycles. The highest BCUT2D eigenvalue weighted by atomic mass is 16.7. The molecule has 0 N–H and O–H groups in total. The topological polar surface area (TPSA) is 27.7 Å². The van der Waals surface area contributed by atoms with Crippen molar-refractivity contribution in [3.05, 3.63) is 29.3 Å². The number of hydrogen-bond donors (Lipinski definition) is 0. The molecule has 3 nitrogen and oxygen atoms in total. The first-order valence-corrected chi connectivity index (χ1v) is 8.27. The monoisotopic (exact) mass is 300 g/mol. The molecule has 0 spiro atoms. The smallest absolute Gasteiger partial charge is 0.399 e. The van der Waals surface area contributed by atoms with Crippen LogP contribution < -0.4 is 5.46 Å². The van der Waals surface area contributed by atoms with E-state index in [-0.39, 0.29) is 29.5 Å². The predicted molar refractivity (Wildman–Crippen MR) is 87.2 cm³/mol. The molecule has 2 fully saturated rings. The van der Waals surface area contributed by atoms with Crippen molar-refractivity contribution in [3.8, 4) is 0 Å². The summed E-state index contributed by atoms with van der Waals surface area (Å²) in [5.74, 6) is 0. The zero-order valence-corrected chi connectivity index (χ0v) is 14.4. The van der Waals surface area contributed by atoms with Crippen LogP contribution in [0.25, 0.3) is 0 Å². The Hall–Kier alpha value is -0.835. The molecular formula is C18H25BO3. The fraction of sp³-hybridized carbons (Fsp3) is 0.667. The van der Waals surface area contributed by atoms with Crippen molar-refractivity contribution in [2.45, 2.75) is 76.8 Å². The number of rotatable bonds is 1. The summed E-state index contributed by atoms with van der Waals surface area (Å²) in [6.07, 6.45) is 2.19. The molecule has 2 atom stereocenters. The van der Waals surface area contributed by atoms with Crippen LogP contribution in [-0.4, -0.2) is 18.3 Å². The standard InChI is InChI=1S/C18H25BO3/c1-15(2)16(3,4)22-19(21-15)12-7-8-13-14(11-12)18(6)10-9-17(13,5)20-18/h7-8,11H,9-10H2,1-6H3. The van der Waals surface area contributed by atoms with E-state index in [1.807, 2.05) is 0 Å². The van der Waals surface area contributed by atoms with Gasteiger partial charge in [-0.3, -0.25) is 0 Å². The third-order valence-electron chi connectivity index (χ3n) is 6.24. The molecule has 0 saturated carbocycles. The minimum absolute atomic E-state index is 0.113. The molecule has 22 heavy (non-hydrogen) atoms. The fourth-order valence-electron chi connectivity index (χ4n) is 4.04. The largest absolute Gasteiger partial charge is 0.494 e. The summed E-state index contributed by atoms with van der Waals surface area (Å²) in [6.45, 7) is 12.8. The zero-order valence-electron chi connectivity index (χ0n) is 14.4. The van der Waals surface area contributed by atoms with Gasteiger partial charge in [-0.2, -0.15) is 0 Å². The van der Waals surface area contributed by atoms with Crippen LogP contribution in [0.4, 0.5) is 0 Å². The SMILES string of the molecule is CC12CCC(C)(O1)c1cc(B3OC(C)(C)C(C)(C)O3)ccc12. The van der Waals surface area contributed by atoms with Crippen LogP contribution in [-0.2, 0) is 25.2 Å². The first-order valence-electron chi connectivity index (χ1n) is 8.27. The van der Waals surface area contributed by atoms with E-state index >= 15 is 0 Å². The van der Waals surface area contributed by atoms with Gasteiger partial charge in [-0.05, 0) is 71.0 Å². The van der Waals surface area contributed by atoms with Crippen LogP contribution in [0, 0.1) is 0 Å². The third-order valence-corrected chi connectivity index (χ3v) is 6.24. The molecule has 3 aliphatic heterocycles. The van der Waals surface area contributed by atoms with Crippen molar-refractivity contribution < 1.29 is 14.0 Å². The van der Waals surface area contributed by atoms with Gasteiger partial charge in [0.15, 0.2) is 0 Å². The second-order valence-corrected chi connectivity index (χ2v) is 8.46. The summed E-state index contributed by atoms with van der Waals surface area (Å²) in [5, 5.41) is 0. The molecule has 1 aromatic rings. The molecule has 1 aromatic carbocycles. The molecule has 2 bridgehead atoms. The van der Waals surface area contributed by atoms with E-state index in [0.29, 0.717) is 0 Å². The Morgan fingerprint density at radius 2 is 1.36 bits per heavy atom. The third kappa shape index (κ3) is 1.75. The minimum Gasteiger partial charge on any atom is -0.399 e. The van der Waals surface area contributed by atoms with Crippen molar-refractivity contribution >= 4 is 12.6 Å². The van der Waals surface area contributed by atoms with Gasteiger partial charge < -0.3 is 14.0 Å². The van der Waals surface area contributed by atoms with E-state index in [1.165, 1.54) is 11.1 Å². The highest BCUT2D eigenvalue weighted by Gasteiger charge is 2.56. The molecule has 2 unspecified atom stereocenters. The Balaban J connectivity index is 1.73. The van der Waals surface area contributed by atoms with E-state index in [1.54, 1.807) is 0 Å². The van der Waals surface area contributed by atoms with Crippen molar-refractivity contribution in [1.82, 2.24) is 0 Å². The summed E-state index contributed by atoms with van der Waals surface area (Å²) >= 11 is 0. The van der Waals surface area contributed by atoms with Gasteiger partial charge >= 0.3 is 7.12 Å². The molecule has 0 aromatic heterocycles. The van der Waals surface area contributed by atoms with Gasteiger partial charge in [0.05, 0.1) is 22.4 Å². The lowest BCUT2D eigenvalue weighted by molar-refractivity contribution is -0.0662. The average Bonchev–Trinajstić information content (AvgIpc) is 2.93. The van der Waals surface area contributed by atoms with Gasteiger partial charge in [0.2, 0.25) is 0 Å². The summed E-state index contributed by atoms with van der Waals surface area (Å²) < 4.78 is 18.7. The maximum absolute atomic E-state index is 6.34. The molecule has 3 aliphatic rings. The van der Waals surface area contributed by atoms with Gasteiger partial charge in [-0.25, -0.2) is 0 Å². The normalized spacial score (nSPS) is 37.6. The minimum atomic E-state index is -0.304. The Labute approximate surface area is 133 Å². The van der Waals surface area contributed by atoms with Gasteiger partial charge in [-0.1, -0.05) is 18.2 Å². The Morgan fingerprint density at radius 3 is 1.95 bits per heavy atom. The summed E-state index contributed by atoms with van der Waals surface area (Å²) in [5.41, 5.74) is 2.88. The van der Waals surface area contributed by atoms with E-state index in [9.17, 15) is 0 Å². The summed E-state index contributed by atoms with van der Waals surface area (Å²) in [4.78, 5) is 0. The lowest BCUT2D eigenvalue weighted by Crippen LogP contribution is -2.41. The average molecular weight is 300 g/mol. The molecule has 4 heteroatoms. The van der Waals surface area contributed by atoms with Crippen molar-refractivity contribution in [2.24, 2.45) is 0 Å². The van der Waals surface area contributed by atoms with Crippen molar-refractivity contribution in [1.29, 1.82) is 0 Å². The maximum atomic E-state index is 6.34. The second kappa shape index (κ2) is 3.98. The van der Waals surface area contributed by atoms with Gasteiger partial charge in [0, 0.05) is 0 Å². The number of ether oxygens (including phenoxy) is 1. The Morgan fingerprint density at radius 1 is 0.818 bits per heavy atom. The number of fused-ring (bicyclic) bond motifs is 5. The molecule has 3 heterocycles. The van der Waals surface area contributed by atoms with E-state index in [2.05, 4.69) is 59.7 Å². The van der Waals surface area contributed by atoms with Crippen LogP contribution in [0.3, 0.4) is 0 Å². The lowest BCUT2D eigenvalue weighted by Gasteiger charge is -2.32. The van der Waals surface area contributed by atoms with E-state index < -0.39 is 0 Å². The van der Waals surface area contributed by atoms with Gasteiger partial charge in [0.25, 0.3) is 0 Å². The maximum Gasteiger partial charge on any atom is 0.494 e. The Kier molecular flexibility index (Phi) is 2.66. The van der Waals surface area contributed by atoms with Gasteiger partial charge in [0.1, 0.15) is 0 Å². The lowest BCUT2D eigenvalue weighted by atomic mass is 9.72. The quantitative estimate of drug-likeness (QED) is 0.745. The fourth-order valence-corrected chi connectivity index (χ4v) is 4.04. The van der Waals surface area contributed by atoms with Crippen molar-refractivity contribution in [2.75, 3.05) is 0 Å². The van der Waals surface area contributed by atoms with Gasteiger partial charge in [-0.15, -0.1) is 0 Å². The van der Waals surface area contributed by atoms with Crippen LogP contribution in [0.5, 0.6) is 0 Å². The van der Waals surface area contributed by atoms with Crippen molar-refractivity contribution in [3.63, 3.8) is 0 Å². The van der Waals surface area contributed by atoms with E-state index in [0.717, 1.165) is 18.3 Å². The first kappa shape index (κ1) is 14.7. The van der Waals surface area contributed by atoms with Crippen LogP contribution in [0.1, 0.15) is 65.5 Å². The summed E-state index contributed by atoms with van der Waals surface area (Å²) in [6, 6.07) is 6.58. The van der Waals surface area contributed by atoms with E-state index in [4.69, 9.17) is 14.0 Å². The molecule has 4 rings (SSSR count). The molecular weight excluding hydrogens is 275 g/mol. The predicted octanol–water partition coefficient (Wildman–Crippen LogP) is 3.24. The first-order chi connectivity index (χ1) is 10.1. The highest BCUT2D eigenvalue weighted by Crippen LogP contribution is 2.57. The zero-order chi connectivity index (χ0) is 16.0. The van der Waals surface area contributed by atoms with Crippen LogP contribution in [0.15, 0.2) is 18.2 Å². The molecule has 0 amide bonds. The van der Waals surface area contributed by atoms with Crippen LogP contribution in [0.2, 0.25) is 0 Å².